The summed E-state index contributed by atoms with van der Waals surface area (Å²) in [6, 6.07) is 3.67. The van der Waals surface area contributed by atoms with Crippen LogP contribution in [-0.2, 0) is 4.74 Å². The first kappa shape index (κ1) is 12.1. The van der Waals surface area contributed by atoms with Gasteiger partial charge in [-0.05, 0) is 12.1 Å². The summed E-state index contributed by atoms with van der Waals surface area (Å²) in [4.78, 5) is 18.8. The minimum absolute atomic E-state index is 0.0626. The number of morpholine rings is 1. The summed E-state index contributed by atoms with van der Waals surface area (Å²) >= 11 is 0. The van der Waals surface area contributed by atoms with Crippen LogP contribution >= 0.6 is 0 Å². The highest BCUT2D eigenvalue weighted by molar-refractivity contribution is 6.01. The van der Waals surface area contributed by atoms with Crippen LogP contribution < -0.4 is 10.3 Å². The predicted octanol–water partition coefficient (Wildman–Crippen LogP) is -0.522. The lowest BCUT2D eigenvalue weighted by atomic mass is 10.2. The molecule has 4 heterocycles. The smallest absolute Gasteiger partial charge is 0.260 e. The van der Waals surface area contributed by atoms with E-state index in [4.69, 9.17) is 4.74 Å². The molecule has 0 spiro atoms. The molecule has 7 heteroatoms. The number of anilines is 1. The lowest BCUT2D eigenvalue weighted by Gasteiger charge is -2.46. The van der Waals surface area contributed by atoms with E-state index in [1.165, 1.54) is 0 Å². The highest BCUT2D eigenvalue weighted by atomic mass is 16.5. The van der Waals surface area contributed by atoms with E-state index in [9.17, 15) is 4.79 Å². The number of nitrogens with zero attached hydrogens (tertiary/aromatic N) is 4. The molecule has 3 aliphatic heterocycles. The maximum absolute atomic E-state index is 12.5. The summed E-state index contributed by atoms with van der Waals surface area (Å²) in [7, 11) is 0. The number of amides is 1. The van der Waals surface area contributed by atoms with E-state index in [2.05, 4.69) is 20.3 Å². The van der Waals surface area contributed by atoms with Crippen LogP contribution in [0.15, 0.2) is 18.3 Å². The fraction of sp³-hybridized carbons (Fsp3) is 0.538. The quantitative estimate of drug-likeness (QED) is 0.744. The van der Waals surface area contributed by atoms with Crippen LogP contribution in [-0.4, -0.2) is 66.5 Å². The highest BCUT2D eigenvalue weighted by Gasteiger charge is 2.43. The Morgan fingerprint density at radius 2 is 2.15 bits per heavy atom. The predicted molar refractivity (Wildman–Crippen MR) is 71.9 cm³/mol. The summed E-state index contributed by atoms with van der Waals surface area (Å²) in [5.74, 6) is 0.808. The maximum atomic E-state index is 12.5. The Morgan fingerprint density at radius 3 is 3.00 bits per heavy atom. The normalized spacial score (nSPS) is 26.6. The molecule has 106 valence electrons. The number of hydrogen-bond acceptors (Lipinski definition) is 6. The first-order valence-electron chi connectivity index (χ1n) is 6.97. The molecule has 0 saturated carbocycles. The third-order valence-corrected chi connectivity index (χ3v) is 3.99. The average Bonchev–Trinajstić information content (AvgIpc) is 2.98. The van der Waals surface area contributed by atoms with Gasteiger partial charge in [0.25, 0.3) is 5.91 Å². The molecule has 0 bridgehead atoms. The van der Waals surface area contributed by atoms with Crippen LogP contribution in [0.3, 0.4) is 0 Å². The Kier molecular flexibility index (Phi) is 2.83. The van der Waals surface area contributed by atoms with E-state index < -0.39 is 0 Å². The molecule has 2 fully saturated rings. The Morgan fingerprint density at radius 1 is 1.30 bits per heavy atom. The van der Waals surface area contributed by atoms with Crippen LogP contribution in [0.1, 0.15) is 10.4 Å². The molecular weight excluding hydrogens is 258 g/mol. The zero-order valence-corrected chi connectivity index (χ0v) is 11.2. The van der Waals surface area contributed by atoms with E-state index in [1.807, 2.05) is 17.0 Å². The van der Waals surface area contributed by atoms with Crippen molar-refractivity contribution in [1.82, 2.24) is 20.2 Å². The van der Waals surface area contributed by atoms with Crippen LogP contribution in [0, 0.1) is 0 Å². The topological polar surface area (TPSA) is 60.9 Å². The lowest BCUT2D eigenvalue weighted by Crippen LogP contribution is -2.64. The Labute approximate surface area is 117 Å². The second kappa shape index (κ2) is 4.69. The molecule has 3 aliphatic rings. The number of carbonyl (C=O) groups is 1. The summed E-state index contributed by atoms with van der Waals surface area (Å²) in [5, 5.41) is 7.72. The number of rotatable bonds is 1. The van der Waals surface area contributed by atoms with Gasteiger partial charge in [-0.1, -0.05) is 0 Å². The van der Waals surface area contributed by atoms with Crippen LogP contribution in [0.5, 0.6) is 0 Å². The van der Waals surface area contributed by atoms with Gasteiger partial charge in [0, 0.05) is 32.4 Å². The van der Waals surface area contributed by atoms with E-state index >= 15 is 0 Å². The van der Waals surface area contributed by atoms with E-state index in [0.717, 1.165) is 32.0 Å². The van der Waals surface area contributed by atoms with E-state index in [-0.39, 0.29) is 12.2 Å². The Hall–Kier alpha value is -1.70. The number of nitrogens with one attached hydrogen (secondary N) is 1. The molecule has 0 radical (unpaired) electrons. The van der Waals surface area contributed by atoms with Crippen LogP contribution in [0.4, 0.5) is 5.82 Å². The van der Waals surface area contributed by atoms with Gasteiger partial charge in [-0.15, -0.1) is 0 Å². The molecule has 0 aromatic carbocycles. The second-order valence-corrected chi connectivity index (χ2v) is 5.11. The molecule has 1 atom stereocenters. The van der Waals surface area contributed by atoms with Crippen molar-refractivity contribution in [2.24, 2.45) is 0 Å². The molecule has 20 heavy (non-hydrogen) atoms. The molecule has 7 nitrogen and oxygen atoms in total. The zero-order valence-electron chi connectivity index (χ0n) is 11.2. The summed E-state index contributed by atoms with van der Waals surface area (Å²) in [6.07, 6.45) is 1.62. The minimum atomic E-state index is -0.122. The standard InChI is InChI=1S/C13H17N5O2/c19-12-10-2-1-3-14-11(10)18(13-15-4-5-17(12)13)16-6-8-20-9-7-16/h1-3,13,15H,4-9H2. The highest BCUT2D eigenvalue weighted by Crippen LogP contribution is 2.31. The number of ether oxygens (including phenoxy) is 1. The summed E-state index contributed by atoms with van der Waals surface area (Å²) < 4.78 is 5.42. The van der Waals surface area contributed by atoms with Gasteiger partial charge < -0.3 is 9.64 Å². The van der Waals surface area contributed by atoms with Gasteiger partial charge in [-0.3, -0.25) is 15.1 Å². The van der Waals surface area contributed by atoms with Gasteiger partial charge in [-0.2, -0.15) is 0 Å². The number of carbonyl (C=O) groups excluding carboxylic acids is 1. The van der Waals surface area contributed by atoms with Crippen molar-refractivity contribution < 1.29 is 9.53 Å². The van der Waals surface area contributed by atoms with Gasteiger partial charge in [0.1, 0.15) is 0 Å². The van der Waals surface area contributed by atoms with Gasteiger partial charge in [0.05, 0.1) is 18.8 Å². The van der Waals surface area contributed by atoms with Crippen molar-refractivity contribution in [3.8, 4) is 0 Å². The van der Waals surface area contributed by atoms with E-state index in [0.29, 0.717) is 18.8 Å². The molecule has 1 aromatic heterocycles. The molecular formula is C13H17N5O2. The van der Waals surface area contributed by atoms with Crippen molar-refractivity contribution in [2.45, 2.75) is 6.29 Å². The monoisotopic (exact) mass is 275 g/mol. The first-order valence-corrected chi connectivity index (χ1v) is 6.97. The van der Waals surface area contributed by atoms with Crippen molar-refractivity contribution in [1.29, 1.82) is 0 Å². The van der Waals surface area contributed by atoms with E-state index in [1.54, 1.807) is 6.20 Å². The number of pyridine rings is 1. The molecule has 2 saturated heterocycles. The molecule has 1 aromatic rings. The number of fused-ring (bicyclic) bond motifs is 2. The largest absolute Gasteiger partial charge is 0.379 e. The molecule has 1 unspecified atom stereocenters. The molecule has 1 amide bonds. The van der Waals surface area contributed by atoms with Crippen molar-refractivity contribution in [3.63, 3.8) is 0 Å². The van der Waals surface area contributed by atoms with Crippen LogP contribution in [0.2, 0.25) is 0 Å². The Bertz CT molecular complexity index is 531. The zero-order chi connectivity index (χ0) is 13.5. The molecule has 1 N–H and O–H groups in total. The number of hydrazine groups is 1. The van der Waals surface area contributed by atoms with Gasteiger partial charge in [0.15, 0.2) is 12.1 Å². The third kappa shape index (κ3) is 1.71. The van der Waals surface area contributed by atoms with Crippen molar-refractivity contribution >= 4 is 11.7 Å². The Balaban J connectivity index is 1.78. The van der Waals surface area contributed by atoms with Crippen LogP contribution in [0.25, 0.3) is 0 Å². The van der Waals surface area contributed by atoms with Crippen molar-refractivity contribution in [3.05, 3.63) is 23.9 Å². The van der Waals surface area contributed by atoms with Gasteiger partial charge >= 0.3 is 0 Å². The number of hydrogen-bond donors (Lipinski definition) is 1. The first-order chi connectivity index (χ1) is 9.86. The SMILES string of the molecule is O=C1c2cccnc2N(N2CCOCC2)C2NCCN12. The lowest BCUT2D eigenvalue weighted by molar-refractivity contribution is 0.0106. The minimum Gasteiger partial charge on any atom is -0.379 e. The summed E-state index contributed by atoms with van der Waals surface area (Å²) in [5.41, 5.74) is 0.680. The van der Waals surface area contributed by atoms with Gasteiger partial charge in [-0.25, -0.2) is 9.99 Å². The fourth-order valence-corrected chi connectivity index (χ4v) is 3.05. The molecule has 4 rings (SSSR count). The van der Waals surface area contributed by atoms with Crippen molar-refractivity contribution in [2.75, 3.05) is 44.4 Å². The van der Waals surface area contributed by atoms with Gasteiger partial charge in [0.2, 0.25) is 0 Å². The fourth-order valence-electron chi connectivity index (χ4n) is 3.05. The molecule has 0 aliphatic carbocycles. The third-order valence-electron chi connectivity index (χ3n) is 3.99. The second-order valence-electron chi connectivity index (χ2n) is 5.11. The number of aromatic nitrogens is 1. The summed E-state index contributed by atoms with van der Waals surface area (Å²) in [6.45, 7) is 4.59. The maximum Gasteiger partial charge on any atom is 0.260 e. The average molecular weight is 275 g/mol.